The Balaban J connectivity index is 2.01. The van der Waals surface area contributed by atoms with E-state index in [9.17, 15) is 4.79 Å². The van der Waals surface area contributed by atoms with Crippen LogP contribution in [-0.4, -0.2) is 31.8 Å². The number of carbonyl (C=O) groups is 1. The predicted octanol–water partition coefficient (Wildman–Crippen LogP) is 1.88. The summed E-state index contributed by atoms with van der Waals surface area (Å²) < 4.78 is 15.9. The van der Waals surface area contributed by atoms with E-state index >= 15 is 0 Å². The van der Waals surface area contributed by atoms with Gasteiger partial charge in [-0.1, -0.05) is 12.1 Å². The Morgan fingerprint density at radius 3 is 2.81 bits per heavy atom. The summed E-state index contributed by atoms with van der Waals surface area (Å²) >= 11 is 0. The third-order valence-electron chi connectivity index (χ3n) is 3.65. The first-order valence-electron chi connectivity index (χ1n) is 7.27. The van der Waals surface area contributed by atoms with Crippen LogP contribution in [0.3, 0.4) is 0 Å². The minimum absolute atomic E-state index is 0.132. The van der Waals surface area contributed by atoms with E-state index in [0.29, 0.717) is 19.0 Å². The lowest BCUT2D eigenvalue weighted by atomic mass is 9.96. The molecule has 0 amide bonds. The molecule has 0 heterocycles. The number of benzene rings is 1. The first kappa shape index (κ1) is 15.8. The van der Waals surface area contributed by atoms with E-state index in [1.54, 1.807) is 14.0 Å². The second-order valence-corrected chi connectivity index (χ2v) is 5.40. The van der Waals surface area contributed by atoms with Crippen molar-refractivity contribution < 1.29 is 19.0 Å². The van der Waals surface area contributed by atoms with Gasteiger partial charge in [0, 0.05) is 7.11 Å². The Morgan fingerprint density at radius 2 is 2.19 bits per heavy atom. The smallest absolute Gasteiger partial charge is 0.329 e. The number of methoxy groups -OCH3 is 1. The van der Waals surface area contributed by atoms with Crippen LogP contribution in [-0.2, 0) is 20.9 Å². The van der Waals surface area contributed by atoms with Crippen LogP contribution in [0, 0.1) is 5.92 Å². The van der Waals surface area contributed by atoms with Crippen molar-refractivity contribution in [2.24, 2.45) is 11.7 Å². The second kappa shape index (κ2) is 6.91. The van der Waals surface area contributed by atoms with Gasteiger partial charge in [0.1, 0.15) is 12.4 Å². The third kappa shape index (κ3) is 3.95. The standard InChI is InChI=1S/C16H23NO4/c1-3-20-15(18)16(17,13-7-8-13)11-21-14-6-4-5-12(9-14)10-19-2/h4-6,9,13H,3,7-8,10-11,17H2,1-2H3. The van der Waals surface area contributed by atoms with Crippen LogP contribution < -0.4 is 10.5 Å². The summed E-state index contributed by atoms with van der Waals surface area (Å²) in [6.45, 7) is 2.76. The minimum Gasteiger partial charge on any atom is -0.491 e. The first-order valence-corrected chi connectivity index (χ1v) is 7.27. The van der Waals surface area contributed by atoms with Crippen molar-refractivity contribution >= 4 is 5.97 Å². The van der Waals surface area contributed by atoms with E-state index in [-0.39, 0.29) is 18.5 Å². The van der Waals surface area contributed by atoms with Gasteiger partial charge in [-0.25, -0.2) is 4.79 Å². The molecule has 0 aliphatic heterocycles. The molecular formula is C16H23NO4. The predicted molar refractivity (Wildman–Crippen MR) is 78.9 cm³/mol. The SMILES string of the molecule is CCOC(=O)C(N)(COc1cccc(COC)c1)C1CC1. The molecule has 0 saturated heterocycles. The van der Waals surface area contributed by atoms with Crippen LogP contribution in [0.1, 0.15) is 25.3 Å². The summed E-state index contributed by atoms with van der Waals surface area (Å²) in [4.78, 5) is 12.1. The lowest BCUT2D eigenvalue weighted by Gasteiger charge is -2.27. The normalized spacial score (nSPS) is 17.1. The topological polar surface area (TPSA) is 70.8 Å². The quantitative estimate of drug-likeness (QED) is 0.741. The molecule has 2 rings (SSSR count). The highest BCUT2D eigenvalue weighted by Crippen LogP contribution is 2.39. The number of hydrogen-bond acceptors (Lipinski definition) is 5. The number of nitrogens with two attached hydrogens (primary N) is 1. The monoisotopic (exact) mass is 293 g/mol. The number of carbonyl (C=O) groups excluding carboxylic acids is 1. The molecular weight excluding hydrogens is 270 g/mol. The zero-order valence-electron chi connectivity index (χ0n) is 12.6. The van der Waals surface area contributed by atoms with Gasteiger partial charge in [0.05, 0.1) is 13.2 Å². The summed E-state index contributed by atoms with van der Waals surface area (Å²) in [5.41, 5.74) is 6.22. The van der Waals surface area contributed by atoms with Gasteiger partial charge in [0.15, 0.2) is 5.54 Å². The highest BCUT2D eigenvalue weighted by Gasteiger charge is 2.50. The third-order valence-corrected chi connectivity index (χ3v) is 3.65. The fraction of sp³-hybridized carbons (Fsp3) is 0.562. The van der Waals surface area contributed by atoms with Crippen LogP contribution >= 0.6 is 0 Å². The summed E-state index contributed by atoms with van der Waals surface area (Å²) in [7, 11) is 1.65. The Labute approximate surface area is 125 Å². The Bertz CT molecular complexity index is 487. The highest BCUT2D eigenvalue weighted by atomic mass is 16.5. The van der Waals surface area contributed by atoms with Crippen molar-refractivity contribution in [1.82, 2.24) is 0 Å². The summed E-state index contributed by atoms with van der Waals surface area (Å²) in [6.07, 6.45) is 1.89. The van der Waals surface area contributed by atoms with Gasteiger partial charge < -0.3 is 19.9 Å². The van der Waals surface area contributed by atoms with Gasteiger partial charge >= 0.3 is 5.97 Å². The van der Waals surface area contributed by atoms with E-state index in [1.165, 1.54) is 0 Å². The number of ether oxygens (including phenoxy) is 3. The van der Waals surface area contributed by atoms with Crippen LogP contribution in [0.4, 0.5) is 0 Å². The van der Waals surface area contributed by atoms with Gasteiger partial charge in [-0.2, -0.15) is 0 Å². The van der Waals surface area contributed by atoms with Gasteiger partial charge in [0.2, 0.25) is 0 Å². The van der Waals surface area contributed by atoms with Crippen LogP contribution in [0.5, 0.6) is 5.75 Å². The molecule has 1 aliphatic rings. The maximum Gasteiger partial charge on any atom is 0.329 e. The van der Waals surface area contributed by atoms with E-state index in [2.05, 4.69) is 0 Å². The first-order chi connectivity index (χ1) is 10.1. The fourth-order valence-electron chi connectivity index (χ4n) is 2.30. The lowest BCUT2D eigenvalue weighted by molar-refractivity contribution is -0.151. The molecule has 1 saturated carbocycles. The van der Waals surface area contributed by atoms with Gasteiger partial charge in [-0.3, -0.25) is 0 Å². The molecule has 1 aromatic carbocycles. The van der Waals surface area contributed by atoms with Gasteiger partial charge in [0.25, 0.3) is 0 Å². The number of rotatable bonds is 8. The molecule has 0 radical (unpaired) electrons. The Kier molecular flexibility index (Phi) is 5.20. The molecule has 5 heteroatoms. The van der Waals surface area contributed by atoms with Crippen LogP contribution in [0.25, 0.3) is 0 Å². The minimum atomic E-state index is -1.05. The van der Waals surface area contributed by atoms with E-state index in [4.69, 9.17) is 19.9 Å². The van der Waals surface area contributed by atoms with Crippen molar-refractivity contribution in [3.63, 3.8) is 0 Å². The Hall–Kier alpha value is -1.59. The molecule has 5 nitrogen and oxygen atoms in total. The summed E-state index contributed by atoms with van der Waals surface area (Å²) in [5, 5.41) is 0. The molecule has 21 heavy (non-hydrogen) atoms. The second-order valence-electron chi connectivity index (χ2n) is 5.40. The summed E-state index contributed by atoms with van der Waals surface area (Å²) in [6, 6.07) is 7.58. The molecule has 1 aromatic rings. The molecule has 116 valence electrons. The van der Waals surface area contributed by atoms with Crippen molar-refractivity contribution in [2.45, 2.75) is 31.9 Å². The van der Waals surface area contributed by atoms with Crippen molar-refractivity contribution in [3.8, 4) is 5.75 Å². The van der Waals surface area contributed by atoms with Crippen molar-refractivity contribution in [3.05, 3.63) is 29.8 Å². The number of esters is 1. The average molecular weight is 293 g/mol. The molecule has 2 N–H and O–H groups in total. The molecule has 1 atom stereocenters. The maximum atomic E-state index is 12.1. The lowest BCUT2D eigenvalue weighted by Crippen LogP contribution is -2.55. The molecule has 1 fully saturated rings. The molecule has 0 bridgehead atoms. The van der Waals surface area contributed by atoms with E-state index < -0.39 is 5.54 Å². The molecule has 1 aliphatic carbocycles. The fourth-order valence-corrected chi connectivity index (χ4v) is 2.30. The van der Waals surface area contributed by atoms with Gasteiger partial charge in [-0.15, -0.1) is 0 Å². The molecule has 0 aromatic heterocycles. The van der Waals surface area contributed by atoms with E-state index in [0.717, 1.165) is 18.4 Å². The summed E-state index contributed by atoms with van der Waals surface area (Å²) in [5.74, 6) is 0.462. The maximum absolute atomic E-state index is 12.1. The molecule has 0 spiro atoms. The highest BCUT2D eigenvalue weighted by molar-refractivity contribution is 5.81. The largest absolute Gasteiger partial charge is 0.491 e. The zero-order valence-corrected chi connectivity index (χ0v) is 12.6. The average Bonchev–Trinajstić information content (AvgIpc) is 3.31. The van der Waals surface area contributed by atoms with Crippen LogP contribution in [0.15, 0.2) is 24.3 Å². The van der Waals surface area contributed by atoms with Gasteiger partial charge in [-0.05, 0) is 43.4 Å². The Morgan fingerprint density at radius 1 is 1.43 bits per heavy atom. The van der Waals surface area contributed by atoms with Crippen molar-refractivity contribution in [2.75, 3.05) is 20.3 Å². The van der Waals surface area contributed by atoms with Crippen molar-refractivity contribution in [1.29, 1.82) is 0 Å². The number of hydrogen-bond donors (Lipinski definition) is 1. The zero-order chi connectivity index (χ0) is 15.3. The van der Waals surface area contributed by atoms with Crippen LogP contribution in [0.2, 0.25) is 0 Å². The van der Waals surface area contributed by atoms with E-state index in [1.807, 2.05) is 24.3 Å². The molecule has 1 unspecified atom stereocenters.